The predicted octanol–water partition coefficient (Wildman–Crippen LogP) is 1.06. The summed E-state index contributed by atoms with van der Waals surface area (Å²) in [6.45, 7) is 4.76. The molecule has 5 heteroatoms. The summed E-state index contributed by atoms with van der Waals surface area (Å²) in [5.41, 5.74) is 0. The van der Waals surface area contributed by atoms with E-state index in [9.17, 15) is 9.59 Å². The maximum atomic E-state index is 11.1. The van der Waals surface area contributed by atoms with Crippen LogP contribution in [0.15, 0.2) is 6.20 Å². The Morgan fingerprint density at radius 2 is 2.14 bits per heavy atom. The summed E-state index contributed by atoms with van der Waals surface area (Å²) in [5, 5.41) is 2.53. The Labute approximate surface area is 82.1 Å². The lowest BCUT2D eigenvalue weighted by molar-refractivity contribution is -0.114. The largest absolute Gasteiger partial charge is 0.310 e. The Morgan fingerprint density at radius 3 is 2.50 bits per heavy atom. The molecule has 0 saturated heterocycles. The normalized spacial score (nSPS) is 9.93. The second-order valence-electron chi connectivity index (χ2n) is 2.97. The third-order valence-corrected chi connectivity index (χ3v) is 1.74. The van der Waals surface area contributed by atoms with Crippen LogP contribution in [0.5, 0.6) is 0 Å². The van der Waals surface area contributed by atoms with Crippen molar-refractivity contribution < 1.29 is 9.59 Å². The highest BCUT2D eigenvalue weighted by Crippen LogP contribution is 2.08. The van der Waals surface area contributed by atoms with E-state index < -0.39 is 0 Å². The van der Waals surface area contributed by atoms with Crippen molar-refractivity contribution in [2.75, 3.05) is 5.32 Å². The van der Waals surface area contributed by atoms with Gasteiger partial charge in [-0.3, -0.25) is 14.2 Å². The van der Waals surface area contributed by atoms with Crippen LogP contribution < -0.4 is 5.32 Å². The van der Waals surface area contributed by atoms with Gasteiger partial charge < -0.3 is 5.32 Å². The SMILES string of the molecule is CCc1nc(NC(C)=O)cn1C(C)=O. The smallest absolute Gasteiger partial charge is 0.228 e. The molecule has 5 nitrogen and oxygen atoms in total. The van der Waals surface area contributed by atoms with Crippen LogP contribution in [0.3, 0.4) is 0 Å². The first kappa shape index (κ1) is 10.4. The summed E-state index contributed by atoms with van der Waals surface area (Å²) in [6, 6.07) is 0. The van der Waals surface area contributed by atoms with Gasteiger partial charge in [0.15, 0.2) is 5.82 Å². The molecule has 76 valence electrons. The standard InChI is InChI=1S/C9H13N3O2/c1-4-9-11-8(10-6(2)13)5-12(9)7(3)14/h5H,4H2,1-3H3,(H,10,13). The summed E-state index contributed by atoms with van der Waals surface area (Å²) >= 11 is 0. The van der Waals surface area contributed by atoms with Crippen LogP contribution in [0.1, 0.15) is 31.4 Å². The number of imidazole rings is 1. The lowest BCUT2D eigenvalue weighted by Crippen LogP contribution is -2.08. The molecule has 1 heterocycles. The van der Waals surface area contributed by atoms with Crippen molar-refractivity contribution in [3.05, 3.63) is 12.0 Å². The monoisotopic (exact) mass is 195 g/mol. The van der Waals surface area contributed by atoms with E-state index >= 15 is 0 Å². The lowest BCUT2D eigenvalue weighted by atomic mass is 10.4. The van der Waals surface area contributed by atoms with Crippen molar-refractivity contribution >= 4 is 17.6 Å². The number of carbonyl (C=O) groups excluding carboxylic acids is 2. The van der Waals surface area contributed by atoms with Gasteiger partial charge in [-0.05, 0) is 0 Å². The molecule has 0 aromatic carbocycles. The zero-order valence-corrected chi connectivity index (χ0v) is 8.50. The lowest BCUT2D eigenvalue weighted by Gasteiger charge is -1.97. The van der Waals surface area contributed by atoms with Crippen molar-refractivity contribution in [3.63, 3.8) is 0 Å². The second kappa shape index (κ2) is 4.04. The molecule has 14 heavy (non-hydrogen) atoms. The number of aryl methyl sites for hydroxylation is 1. The zero-order valence-electron chi connectivity index (χ0n) is 8.50. The summed E-state index contributed by atoms with van der Waals surface area (Å²) in [5.74, 6) is 0.776. The third-order valence-electron chi connectivity index (χ3n) is 1.74. The van der Waals surface area contributed by atoms with E-state index in [1.807, 2.05) is 6.92 Å². The highest BCUT2D eigenvalue weighted by atomic mass is 16.2. The third kappa shape index (κ3) is 2.18. The first-order valence-corrected chi connectivity index (χ1v) is 4.41. The average molecular weight is 195 g/mol. The van der Waals surface area contributed by atoms with E-state index in [1.54, 1.807) is 0 Å². The highest BCUT2D eigenvalue weighted by Gasteiger charge is 2.09. The van der Waals surface area contributed by atoms with Crippen molar-refractivity contribution in [2.45, 2.75) is 27.2 Å². The van der Waals surface area contributed by atoms with Gasteiger partial charge in [-0.1, -0.05) is 6.92 Å². The van der Waals surface area contributed by atoms with Gasteiger partial charge in [0.2, 0.25) is 11.8 Å². The first-order chi connectivity index (χ1) is 6.54. The summed E-state index contributed by atoms with van der Waals surface area (Å²) in [4.78, 5) is 26.0. The zero-order chi connectivity index (χ0) is 10.7. The Bertz CT molecular complexity index is 368. The van der Waals surface area contributed by atoms with Gasteiger partial charge >= 0.3 is 0 Å². The molecule has 0 aliphatic carbocycles. The minimum absolute atomic E-state index is 0.106. The molecular weight excluding hydrogens is 182 g/mol. The molecule has 0 unspecified atom stereocenters. The number of amides is 1. The molecule has 0 fully saturated rings. The molecule has 1 aromatic heterocycles. The van der Waals surface area contributed by atoms with Gasteiger partial charge in [0.1, 0.15) is 5.82 Å². The molecule has 0 aliphatic heterocycles. The van der Waals surface area contributed by atoms with Gasteiger partial charge in [-0.15, -0.1) is 0 Å². The maximum Gasteiger partial charge on any atom is 0.228 e. The fourth-order valence-electron chi connectivity index (χ4n) is 1.18. The number of anilines is 1. The molecule has 1 N–H and O–H groups in total. The van der Waals surface area contributed by atoms with Crippen molar-refractivity contribution in [1.29, 1.82) is 0 Å². The average Bonchev–Trinajstić information content (AvgIpc) is 2.46. The molecule has 0 saturated carbocycles. The minimum atomic E-state index is -0.194. The van der Waals surface area contributed by atoms with Crippen molar-refractivity contribution in [3.8, 4) is 0 Å². The van der Waals surface area contributed by atoms with E-state index in [2.05, 4.69) is 10.3 Å². The van der Waals surface area contributed by atoms with E-state index in [1.165, 1.54) is 24.6 Å². The molecule has 1 rings (SSSR count). The molecule has 1 aromatic rings. The van der Waals surface area contributed by atoms with Gasteiger partial charge in [0.05, 0.1) is 6.20 Å². The molecule has 0 atom stereocenters. The van der Waals surface area contributed by atoms with Crippen LogP contribution in [0.2, 0.25) is 0 Å². The minimum Gasteiger partial charge on any atom is -0.310 e. The van der Waals surface area contributed by atoms with Crippen LogP contribution in [-0.2, 0) is 11.2 Å². The van der Waals surface area contributed by atoms with Gasteiger partial charge in [-0.2, -0.15) is 0 Å². The molecule has 0 radical (unpaired) electrons. The Morgan fingerprint density at radius 1 is 1.50 bits per heavy atom. The Hall–Kier alpha value is -1.65. The van der Waals surface area contributed by atoms with Crippen LogP contribution in [-0.4, -0.2) is 21.4 Å². The number of nitrogens with one attached hydrogen (secondary N) is 1. The predicted molar refractivity (Wildman–Crippen MR) is 52.2 cm³/mol. The van der Waals surface area contributed by atoms with Gasteiger partial charge in [0.25, 0.3) is 0 Å². The fraction of sp³-hybridized carbons (Fsp3) is 0.444. The van der Waals surface area contributed by atoms with Gasteiger partial charge in [0, 0.05) is 20.3 Å². The number of nitrogens with zero attached hydrogens (tertiary/aromatic N) is 2. The van der Waals surface area contributed by atoms with Crippen LogP contribution in [0, 0.1) is 0 Å². The number of hydrogen-bond donors (Lipinski definition) is 1. The molecule has 0 aliphatic rings. The van der Waals surface area contributed by atoms with Crippen LogP contribution >= 0.6 is 0 Å². The van der Waals surface area contributed by atoms with Crippen LogP contribution in [0.4, 0.5) is 5.82 Å². The first-order valence-electron chi connectivity index (χ1n) is 4.41. The molecule has 1 amide bonds. The number of hydrogen-bond acceptors (Lipinski definition) is 3. The second-order valence-corrected chi connectivity index (χ2v) is 2.97. The number of aromatic nitrogens is 2. The molecular formula is C9H13N3O2. The Kier molecular flexibility index (Phi) is 3.01. The highest BCUT2D eigenvalue weighted by molar-refractivity contribution is 5.88. The summed E-state index contributed by atoms with van der Waals surface area (Å²) in [7, 11) is 0. The summed E-state index contributed by atoms with van der Waals surface area (Å²) in [6.07, 6.45) is 2.18. The van der Waals surface area contributed by atoms with E-state index in [4.69, 9.17) is 0 Å². The Balaban J connectivity index is 3.00. The maximum absolute atomic E-state index is 11.1. The van der Waals surface area contributed by atoms with Crippen molar-refractivity contribution in [2.24, 2.45) is 0 Å². The number of carbonyl (C=O) groups is 2. The van der Waals surface area contributed by atoms with Crippen LogP contribution in [0.25, 0.3) is 0 Å². The number of rotatable bonds is 2. The molecule has 0 bridgehead atoms. The molecule has 0 spiro atoms. The topological polar surface area (TPSA) is 64.0 Å². The fourth-order valence-corrected chi connectivity index (χ4v) is 1.18. The van der Waals surface area contributed by atoms with Crippen molar-refractivity contribution in [1.82, 2.24) is 9.55 Å². The van der Waals surface area contributed by atoms with E-state index in [0.717, 1.165) is 0 Å². The van der Waals surface area contributed by atoms with E-state index in [-0.39, 0.29) is 11.8 Å². The van der Waals surface area contributed by atoms with E-state index in [0.29, 0.717) is 18.1 Å². The quantitative estimate of drug-likeness (QED) is 0.767. The summed E-state index contributed by atoms with van der Waals surface area (Å²) < 4.78 is 1.44. The van der Waals surface area contributed by atoms with Gasteiger partial charge in [-0.25, -0.2) is 4.98 Å².